The van der Waals surface area contributed by atoms with Crippen molar-refractivity contribution in [1.82, 2.24) is 24.3 Å². The molecule has 0 aliphatic carbocycles. The molecule has 9 nitrogen and oxygen atoms in total. The molecule has 5 rings (SSSR count). The maximum Gasteiger partial charge on any atom is 0.254 e. The van der Waals surface area contributed by atoms with Crippen LogP contribution in [0.4, 0.5) is 11.4 Å². The van der Waals surface area contributed by atoms with E-state index in [2.05, 4.69) is 20.4 Å². The van der Waals surface area contributed by atoms with E-state index < -0.39 is 0 Å². The number of nitrogens with two attached hydrogens (primary N) is 1. The fourth-order valence-corrected chi connectivity index (χ4v) is 4.80. The van der Waals surface area contributed by atoms with Gasteiger partial charge in [0, 0.05) is 41.5 Å². The number of hydrogen-bond acceptors (Lipinski definition) is 6. The summed E-state index contributed by atoms with van der Waals surface area (Å²) in [5.74, 6) is -0.271. The van der Waals surface area contributed by atoms with E-state index in [1.807, 2.05) is 19.1 Å². The van der Waals surface area contributed by atoms with Crippen LogP contribution in [0.5, 0.6) is 0 Å². The molecule has 4 aromatic rings. The highest BCUT2D eigenvalue weighted by molar-refractivity contribution is 6.31. The maximum atomic E-state index is 13.4. The number of nitrogens with one attached hydrogen (secondary N) is 1. The number of carbonyl (C=O) groups is 1. The summed E-state index contributed by atoms with van der Waals surface area (Å²) in [6.07, 6.45) is 6.97. The first-order valence-electron chi connectivity index (χ1n) is 11.7. The van der Waals surface area contributed by atoms with Crippen molar-refractivity contribution in [2.45, 2.75) is 32.2 Å². The zero-order valence-electron chi connectivity index (χ0n) is 20.0. The number of pyridine rings is 1. The number of nitrogen functional groups attached to an aromatic ring is 1. The zero-order valence-corrected chi connectivity index (χ0v) is 20.7. The Morgan fingerprint density at radius 3 is 2.72 bits per heavy atom. The van der Waals surface area contributed by atoms with Crippen molar-refractivity contribution in [2.24, 2.45) is 13.0 Å². The highest BCUT2D eigenvalue weighted by atomic mass is 35.5. The third-order valence-corrected chi connectivity index (χ3v) is 6.87. The quantitative estimate of drug-likeness (QED) is 0.394. The van der Waals surface area contributed by atoms with Gasteiger partial charge in [0.05, 0.1) is 35.6 Å². The monoisotopic (exact) mass is 503 g/mol. The molecule has 2 bridgehead atoms. The van der Waals surface area contributed by atoms with Crippen LogP contribution in [0.15, 0.2) is 59.9 Å². The molecular formula is C26H26ClN7O2. The van der Waals surface area contributed by atoms with Gasteiger partial charge in [-0.1, -0.05) is 24.9 Å². The van der Waals surface area contributed by atoms with Gasteiger partial charge in [-0.2, -0.15) is 5.10 Å². The van der Waals surface area contributed by atoms with E-state index in [9.17, 15) is 9.59 Å². The Hall–Kier alpha value is -3.98. The number of nitrogens with zero attached hydrogens (tertiary/aromatic N) is 5. The molecule has 184 valence electrons. The normalized spacial score (nSPS) is 18.0. The minimum Gasteiger partial charge on any atom is -0.398 e. The highest BCUT2D eigenvalue weighted by Gasteiger charge is 2.23. The number of aryl methyl sites for hydroxylation is 1. The van der Waals surface area contributed by atoms with Gasteiger partial charge in [0.2, 0.25) is 5.91 Å². The van der Waals surface area contributed by atoms with E-state index in [-0.39, 0.29) is 23.4 Å². The molecule has 1 amide bonds. The summed E-state index contributed by atoms with van der Waals surface area (Å²) in [6, 6.07) is 10.1. The number of amides is 1. The molecule has 1 aliphatic rings. The molecule has 0 saturated carbocycles. The van der Waals surface area contributed by atoms with Gasteiger partial charge >= 0.3 is 0 Å². The molecule has 3 N–H and O–H groups in total. The molecule has 1 aromatic carbocycles. The molecule has 0 fully saturated rings. The Bertz CT molecular complexity index is 1510. The smallest absolute Gasteiger partial charge is 0.254 e. The van der Waals surface area contributed by atoms with Crippen molar-refractivity contribution >= 4 is 28.9 Å². The second kappa shape index (κ2) is 9.58. The van der Waals surface area contributed by atoms with E-state index in [1.165, 1.54) is 6.07 Å². The lowest BCUT2D eigenvalue weighted by Gasteiger charge is -2.22. The number of anilines is 2. The Balaban J connectivity index is 1.60. The van der Waals surface area contributed by atoms with Crippen LogP contribution in [0.1, 0.15) is 37.8 Å². The van der Waals surface area contributed by atoms with Crippen molar-refractivity contribution in [3.63, 3.8) is 0 Å². The van der Waals surface area contributed by atoms with Crippen molar-refractivity contribution in [3.8, 4) is 22.6 Å². The molecule has 36 heavy (non-hydrogen) atoms. The first kappa shape index (κ1) is 23.7. The minimum atomic E-state index is -0.288. The second-order valence-corrected chi connectivity index (χ2v) is 9.53. The lowest BCUT2D eigenvalue weighted by Crippen LogP contribution is -2.26. The van der Waals surface area contributed by atoms with Crippen LogP contribution in [-0.4, -0.2) is 30.2 Å². The molecule has 3 aromatic heterocycles. The Morgan fingerprint density at radius 2 is 1.92 bits per heavy atom. The second-order valence-electron chi connectivity index (χ2n) is 9.09. The number of benzene rings is 1. The van der Waals surface area contributed by atoms with Crippen molar-refractivity contribution in [1.29, 1.82) is 0 Å². The topological polar surface area (TPSA) is 121 Å². The molecule has 0 spiro atoms. The van der Waals surface area contributed by atoms with Gasteiger partial charge in [0.15, 0.2) is 0 Å². The summed E-state index contributed by atoms with van der Waals surface area (Å²) in [7, 11) is 1.81. The summed E-state index contributed by atoms with van der Waals surface area (Å²) < 4.78 is 3.31. The van der Waals surface area contributed by atoms with Crippen LogP contribution in [-0.2, 0) is 11.8 Å². The van der Waals surface area contributed by atoms with Crippen LogP contribution < -0.4 is 16.6 Å². The molecular weight excluding hydrogens is 478 g/mol. The summed E-state index contributed by atoms with van der Waals surface area (Å²) in [4.78, 5) is 35.3. The van der Waals surface area contributed by atoms with Gasteiger partial charge in [-0.3, -0.25) is 23.8 Å². The predicted octanol–water partition coefficient (Wildman–Crippen LogP) is 4.29. The number of fused-ring (bicyclic) bond motifs is 4. The van der Waals surface area contributed by atoms with Gasteiger partial charge in [0.1, 0.15) is 5.69 Å². The van der Waals surface area contributed by atoms with E-state index in [0.29, 0.717) is 51.9 Å². The van der Waals surface area contributed by atoms with E-state index in [4.69, 9.17) is 17.3 Å². The van der Waals surface area contributed by atoms with E-state index in [0.717, 1.165) is 12.0 Å². The van der Waals surface area contributed by atoms with Gasteiger partial charge in [-0.25, -0.2) is 4.98 Å². The highest BCUT2D eigenvalue weighted by Crippen LogP contribution is 2.32. The summed E-state index contributed by atoms with van der Waals surface area (Å²) in [5.41, 5.74) is 10.4. The third-order valence-electron chi connectivity index (χ3n) is 6.63. The molecule has 10 heteroatoms. The number of carbonyl (C=O) groups excluding carboxylic acids is 1. The number of rotatable bonds is 2. The average Bonchev–Trinajstić information content (AvgIpc) is 3.22. The largest absolute Gasteiger partial charge is 0.398 e. The molecule has 0 saturated heterocycles. The third kappa shape index (κ3) is 4.49. The van der Waals surface area contributed by atoms with Crippen LogP contribution in [0.25, 0.3) is 22.6 Å². The van der Waals surface area contributed by atoms with Crippen LogP contribution in [0.3, 0.4) is 0 Å². The first-order chi connectivity index (χ1) is 17.3. The summed E-state index contributed by atoms with van der Waals surface area (Å²) in [5, 5.41) is 7.83. The average molecular weight is 504 g/mol. The zero-order chi connectivity index (χ0) is 25.4. The fraction of sp³-hybridized carbons (Fsp3) is 0.269. The van der Waals surface area contributed by atoms with E-state index >= 15 is 0 Å². The Morgan fingerprint density at radius 1 is 1.08 bits per heavy atom. The Labute approximate surface area is 213 Å². The fourth-order valence-electron chi connectivity index (χ4n) is 4.63. The lowest BCUT2D eigenvalue weighted by molar-refractivity contribution is -0.119. The van der Waals surface area contributed by atoms with Crippen molar-refractivity contribution in [2.75, 3.05) is 11.1 Å². The van der Waals surface area contributed by atoms with Gasteiger partial charge in [-0.15, -0.1) is 0 Å². The van der Waals surface area contributed by atoms with Crippen molar-refractivity contribution in [3.05, 3.63) is 76.1 Å². The standard InChI is InChI=1S/C26H26ClN7O2/c1-15-4-3-5-23(34-14-30-20(12-24(34)35)18-11-17(27)6-7-19(18)28)16-8-9-29-21(10-16)25-22(32-26(15)36)13-31-33(25)2/h6-15,23H,3-5,28H2,1-2H3,(H,32,36). The van der Waals surface area contributed by atoms with Gasteiger partial charge < -0.3 is 11.1 Å². The number of halogens is 1. The molecule has 2 atom stereocenters. The number of aromatic nitrogens is 5. The van der Waals surface area contributed by atoms with Crippen molar-refractivity contribution < 1.29 is 4.79 Å². The van der Waals surface area contributed by atoms with Crippen LogP contribution >= 0.6 is 11.6 Å². The first-order valence-corrected chi connectivity index (χ1v) is 12.1. The molecule has 4 heterocycles. The molecule has 0 radical (unpaired) electrons. The van der Waals surface area contributed by atoms with E-state index in [1.54, 1.807) is 53.2 Å². The maximum absolute atomic E-state index is 13.4. The summed E-state index contributed by atoms with van der Waals surface area (Å²) >= 11 is 6.14. The SMILES string of the molecule is CC1CCCC(n2cnc(-c3cc(Cl)ccc3N)cc2=O)c2ccnc(c2)-c2c(cnn2C)NC1=O. The van der Waals surface area contributed by atoms with Crippen LogP contribution in [0.2, 0.25) is 5.02 Å². The molecule has 2 unspecified atom stereocenters. The predicted molar refractivity (Wildman–Crippen MR) is 140 cm³/mol. The summed E-state index contributed by atoms with van der Waals surface area (Å²) in [6.45, 7) is 1.90. The van der Waals surface area contributed by atoms with Gasteiger partial charge in [-0.05, 0) is 48.7 Å². The Kier molecular flexibility index (Phi) is 6.32. The van der Waals surface area contributed by atoms with Crippen LogP contribution in [0, 0.1) is 5.92 Å². The van der Waals surface area contributed by atoms with Gasteiger partial charge in [0.25, 0.3) is 5.56 Å². The molecule has 1 aliphatic heterocycles. The lowest BCUT2D eigenvalue weighted by atomic mass is 9.95. The number of hydrogen-bond donors (Lipinski definition) is 2. The minimum absolute atomic E-state index is 0.0696.